The Labute approximate surface area is 152 Å². The normalized spacial score (nSPS) is 10.4. The van der Waals surface area contributed by atoms with Crippen molar-refractivity contribution in [3.63, 3.8) is 0 Å². The minimum Gasteiger partial charge on any atom is -0.352 e. The first-order valence-corrected chi connectivity index (χ1v) is 9.26. The highest BCUT2D eigenvalue weighted by molar-refractivity contribution is 7.20. The fraction of sp³-hybridized carbons (Fsp3) is 0.118. The number of carbonyl (C=O) groups excluding carboxylic acids is 2. The van der Waals surface area contributed by atoms with Gasteiger partial charge < -0.3 is 16.4 Å². The molecule has 3 rings (SSSR count). The molecule has 0 saturated heterocycles. The fourth-order valence-corrected chi connectivity index (χ4v) is 3.81. The van der Waals surface area contributed by atoms with Crippen LogP contribution in [-0.4, -0.2) is 16.9 Å². The molecule has 128 valence electrons. The number of primary amides is 1. The largest absolute Gasteiger partial charge is 0.352 e. The van der Waals surface area contributed by atoms with Gasteiger partial charge in [-0.15, -0.1) is 22.7 Å². The second kappa shape index (κ2) is 7.91. The summed E-state index contributed by atoms with van der Waals surface area (Å²) >= 11 is 3.18. The number of nitrogens with one attached hydrogen (secondary N) is 2. The smallest absolute Gasteiger partial charge is 0.316 e. The second-order valence-electron chi connectivity index (χ2n) is 5.26. The molecular weight excluding hydrogens is 356 g/mol. The molecule has 2 aromatic heterocycles. The van der Waals surface area contributed by atoms with Crippen molar-refractivity contribution in [2.45, 2.75) is 13.0 Å². The molecule has 6 nitrogen and oxygen atoms in total. The van der Waals surface area contributed by atoms with Gasteiger partial charge in [0.15, 0.2) is 0 Å². The molecule has 0 aliphatic rings. The molecule has 25 heavy (non-hydrogen) atoms. The molecule has 8 heteroatoms. The van der Waals surface area contributed by atoms with Crippen molar-refractivity contribution in [1.82, 2.24) is 10.3 Å². The predicted molar refractivity (Wildman–Crippen MR) is 101 cm³/mol. The van der Waals surface area contributed by atoms with Gasteiger partial charge >= 0.3 is 6.03 Å². The SMILES string of the molecule is NC(=O)Nc1ccc(CNC(=O)Cc2csc(-c3cccs3)n2)cc1. The van der Waals surface area contributed by atoms with Gasteiger partial charge in [0, 0.05) is 17.6 Å². The lowest BCUT2D eigenvalue weighted by Gasteiger charge is -2.06. The molecule has 4 N–H and O–H groups in total. The number of rotatable bonds is 6. The quantitative estimate of drug-likeness (QED) is 0.620. The van der Waals surface area contributed by atoms with E-state index in [4.69, 9.17) is 5.73 Å². The maximum Gasteiger partial charge on any atom is 0.316 e. The Balaban J connectivity index is 1.50. The molecule has 0 fully saturated rings. The third-order valence-electron chi connectivity index (χ3n) is 3.34. The summed E-state index contributed by atoms with van der Waals surface area (Å²) in [5.41, 5.74) is 7.37. The average molecular weight is 372 g/mol. The second-order valence-corrected chi connectivity index (χ2v) is 7.07. The molecule has 0 atom stereocenters. The zero-order valence-corrected chi connectivity index (χ0v) is 14.8. The molecule has 0 spiro atoms. The summed E-state index contributed by atoms with van der Waals surface area (Å²) in [5, 5.41) is 10.2. The average Bonchev–Trinajstić information content (AvgIpc) is 3.25. The van der Waals surface area contributed by atoms with Gasteiger partial charge in [0.1, 0.15) is 5.01 Å². The van der Waals surface area contributed by atoms with Crippen molar-refractivity contribution in [2.24, 2.45) is 5.73 Å². The van der Waals surface area contributed by atoms with Crippen molar-refractivity contribution in [2.75, 3.05) is 5.32 Å². The highest BCUT2D eigenvalue weighted by Crippen LogP contribution is 2.27. The number of hydrogen-bond acceptors (Lipinski definition) is 5. The number of carbonyl (C=O) groups is 2. The molecule has 0 unspecified atom stereocenters. The summed E-state index contributed by atoms with van der Waals surface area (Å²) in [6.07, 6.45) is 0.253. The van der Waals surface area contributed by atoms with Gasteiger partial charge in [-0.05, 0) is 29.1 Å². The summed E-state index contributed by atoms with van der Waals surface area (Å²) in [5.74, 6) is -0.0811. The van der Waals surface area contributed by atoms with Crippen molar-refractivity contribution < 1.29 is 9.59 Å². The Bertz CT molecular complexity index is 857. The summed E-state index contributed by atoms with van der Waals surface area (Å²) in [6.45, 7) is 0.414. The molecule has 0 radical (unpaired) electrons. The highest BCUT2D eigenvalue weighted by Gasteiger charge is 2.09. The van der Waals surface area contributed by atoms with Crippen LogP contribution in [0.3, 0.4) is 0 Å². The molecule has 1 aromatic carbocycles. The van der Waals surface area contributed by atoms with E-state index < -0.39 is 6.03 Å². The Morgan fingerprint density at radius 1 is 1.12 bits per heavy atom. The van der Waals surface area contributed by atoms with Gasteiger partial charge in [0.2, 0.25) is 5.91 Å². The molecule has 3 amide bonds. The zero-order valence-electron chi connectivity index (χ0n) is 13.2. The Kier molecular flexibility index (Phi) is 5.42. The number of urea groups is 1. The van der Waals surface area contributed by atoms with Crippen molar-refractivity contribution in [3.05, 3.63) is 58.4 Å². The van der Waals surface area contributed by atoms with E-state index in [1.807, 2.05) is 35.0 Å². The Hall–Kier alpha value is -2.71. The van der Waals surface area contributed by atoms with Crippen molar-refractivity contribution >= 4 is 40.3 Å². The molecule has 0 bridgehead atoms. The van der Waals surface area contributed by atoms with E-state index in [1.165, 1.54) is 0 Å². The van der Waals surface area contributed by atoms with Gasteiger partial charge in [-0.2, -0.15) is 0 Å². The first kappa shape index (κ1) is 17.1. The Morgan fingerprint density at radius 2 is 1.92 bits per heavy atom. The molecule has 0 aliphatic heterocycles. The van der Waals surface area contributed by atoms with Crippen molar-refractivity contribution in [1.29, 1.82) is 0 Å². The lowest BCUT2D eigenvalue weighted by atomic mass is 10.2. The van der Waals surface area contributed by atoms with Gasteiger partial charge in [-0.25, -0.2) is 9.78 Å². The molecule has 3 aromatic rings. The number of anilines is 1. The monoisotopic (exact) mass is 372 g/mol. The highest BCUT2D eigenvalue weighted by atomic mass is 32.1. The number of thiophene rings is 1. The number of benzene rings is 1. The molecule has 0 aliphatic carbocycles. The van der Waals surface area contributed by atoms with Gasteiger partial charge in [0.05, 0.1) is 17.0 Å². The van der Waals surface area contributed by atoms with E-state index in [-0.39, 0.29) is 12.3 Å². The third-order valence-corrected chi connectivity index (χ3v) is 5.27. The zero-order chi connectivity index (χ0) is 17.6. The number of nitrogens with two attached hydrogens (primary N) is 1. The van der Waals surface area contributed by atoms with E-state index in [0.717, 1.165) is 21.1 Å². The molecule has 2 heterocycles. The van der Waals surface area contributed by atoms with Crippen LogP contribution in [0.2, 0.25) is 0 Å². The number of hydrogen-bond donors (Lipinski definition) is 3. The van der Waals surface area contributed by atoms with E-state index in [2.05, 4.69) is 15.6 Å². The number of thiazole rings is 1. The first-order chi connectivity index (χ1) is 12.1. The minimum atomic E-state index is -0.605. The van der Waals surface area contributed by atoms with Gasteiger partial charge in [0.25, 0.3) is 0 Å². The summed E-state index contributed by atoms with van der Waals surface area (Å²) in [4.78, 5) is 28.5. The standard InChI is InChI=1S/C17H16N4O2S2/c18-17(23)21-12-5-3-11(4-6-12)9-19-15(22)8-13-10-25-16(20-13)14-2-1-7-24-14/h1-7,10H,8-9H2,(H,19,22)(H3,18,21,23). The maximum absolute atomic E-state index is 12.1. The van der Waals surface area contributed by atoms with Crippen LogP contribution >= 0.6 is 22.7 Å². The van der Waals surface area contributed by atoms with Crippen LogP contribution in [0.25, 0.3) is 9.88 Å². The lowest BCUT2D eigenvalue weighted by Crippen LogP contribution is -2.24. The summed E-state index contributed by atoms with van der Waals surface area (Å²) in [6, 6.07) is 10.5. The topological polar surface area (TPSA) is 97.1 Å². The third kappa shape index (κ3) is 4.88. The molecular formula is C17H16N4O2S2. The molecule has 0 saturated carbocycles. The minimum absolute atomic E-state index is 0.0811. The van der Waals surface area contributed by atoms with Crippen LogP contribution in [0.4, 0.5) is 10.5 Å². The number of amides is 3. The summed E-state index contributed by atoms with van der Waals surface area (Å²) in [7, 11) is 0. The maximum atomic E-state index is 12.1. The van der Waals surface area contributed by atoms with Crippen molar-refractivity contribution in [3.8, 4) is 9.88 Å². The van der Waals surface area contributed by atoms with Crippen LogP contribution in [0.15, 0.2) is 47.2 Å². The fourth-order valence-electron chi connectivity index (χ4n) is 2.18. The van der Waals surface area contributed by atoms with E-state index in [9.17, 15) is 9.59 Å². The number of nitrogens with zero attached hydrogens (tertiary/aromatic N) is 1. The lowest BCUT2D eigenvalue weighted by molar-refractivity contribution is -0.120. The van der Waals surface area contributed by atoms with E-state index in [1.54, 1.807) is 34.8 Å². The van der Waals surface area contributed by atoms with Crippen LogP contribution in [-0.2, 0) is 17.8 Å². The van der Waals surface area contributed by atoms with Gasteiger partial charge in [-0.3, -0.25) is 4.79 Å². The van der Waals surface area contributed by atoms with Crippen LogP contribution in [0, 0.1) is 0 Å². The van der Waals surface area contributed by atoms with E-state index in [0.29, 0.717) is 12.2 Å². The van der Waals surface area contributed by atoms with Crippen LogP contribution < -0.4 is 16.4 Å². The van der Waals surface area contributed by atoms with Gasteiger partial charge in [-0.1, -0.05) is 18.2 Å². The first-order valence-electron chi connectivity index (χ1n) is 7.50. The van der Waals surface area contributed by atoms with E-state index >= 15 is 0 Å². The predicted octanol–water partition coefficient (Wildman–Crippen LogP) is 3.22. The summed E-state index contributed by atoms with van der Waals surface area (Å²) < 4.78 is 0. The Morgan fingerprint density at radius 3 is 2.60 bits per heavy atom. The van der Waals surface area contributed by atoms with Crippen LogP contribution in [0.1, 0.15) is 11.3 Å². The van der Waals surface area contributed by atoms with Crippen LogP contribution in [0.5, 0.6) is 0 Å². The number of aromatic nitrogens is 1.